The topological polar surface area (TPSA) is 49.9 Å². The Morgan fingerprint density at radius 3 is 2.18 bits per heavy atom. The highest BCUT2D eigenvalue weighted by Crippen LogP contribution is 2.33. The zero-order valence-electron chi connectivity index (χ0n) is 14.6. The van der Waals surface area contributed by atoms with Crippen LogP contribution < -0.4 is 0 Å². The van der Waals surface area contributed by atoms with Crippen molar-refractivity contribution in [3.8, 4) is 0 Å². The zero-order valence-corrected chi connectivity index (χ0v) is 14.6. The summed E-state index contributed by atoms with van der Waals surface area (Å²) in [6, 6.07) is 10.1. The molecule has 1 aliphatic rings. The summed E-state index contributed by atoms with van der Waals surface area (Å²) in [6.45, 7) is 0.325. The minimum absolute atomic E-state index is 0.0364. The van der Waals surface area contributed by atoms with E-state index >= 15 is 0 Å². The quantitative estimate of drug-likeness (QED) is 0.747. The second-order valence-electron chi connectivity index (χ2n) is 6.15. The number of amides is 1. The highest BCUT2D eigenvalue weighted by molar-refractivity contribution is 5.96. The van der Waals surface area contributed by atoms with Crippen LogP contribution in [0.2, 0.25) is 0 Å². The molecular weight excluding hydrogens is 380 g/mol. The van der Waals surface area contributed by atoms with Crippen LogP contribution in [0.4, 0.5) is 17.6 Å². The Labute approximate surface area is 158 Å². The van der Waals surface area contributed by atoms with E-state index in [0.29, 0.717) is 23.8 Å². The average Bonchev–Trinajstić information content (AvgIpc) is 2.67. The van der Waals surface area contributed by atoms with Crippen molar-refractivity contribution in [2.75, 3.05) is 26.2 Å². The van der Waals surface area contributed by atoms with Gasteiger partial charge < -0.3 is 9.74 Å². The maximum absolute atomic E-state index is 13.4. The van der Waals surface area contributed by atoms with Crippen LogP contribution in [0, 0.1) is 5.82 Å². The molecule has 0 spiro atoms. The van der Waals surface area contributed by atoms with Gasteiger partial charge in [0.05, 0.1) is 29.8 Å². The summed E-state index contributed by atoms with van der Waals surface area (Å²) >= 11 is 0. The van der Waals surface area contributed by atoms with Crippen LogP contribution in [0.25, 0.3) is 0 Å². The first-order valence-electron chi connectivity index (χ1n) is 8.44. The summed E-state index contributed by atoms with van der Waals surface area (Å²) in [5.41, 5.74) is -1.56. The number of nitrogens with zero attached hydrogens (tertiary/aromatic N) is 2. The molecule has 0 bridgehead atoms. The maximum Gasteiger partial charge on any atom is 0.417 e. The van der Waals surface area contributed by atoms with Gasteiger partial charge in [-0.3, -0.25) is 4.79 Å². The summed E-state index contributed by atoms with van der Waals surface area (Å²) < 4.78 is 52.8. The molecule has 1 fully saturated rings. The number of carbonyl (C=O) groups is 2. The number of benzene rings is 2. The molecule has 3 rings (SSSR count). The van der Waals surface area contributed by atoms with Gasteiger partial charge in [0.1, 0.15) is 5.82 Å². The molecule has 5 nitrogen and oxygen atoms in total. The molecule has 1 heterocycles. The third-order valence-electron chi connectivity index (χ3n) is 4.26. The Bertz CT molecular complexity index is 863. The average molecular weight is 396 g/mol. The van der Waals surface area contributed by atoms with Crippen molar-refractivity contribution in [1.82, 2.24) is 9.96 Å². The van der Waals surface area contributed by atoms with E-state index < -0.39 is 35.0 Å². The van der Waals surface area contributed by atoms with Gasteiger partial charge in [0, 0.05) is 13.1 Å². The van der Waals surface area contributed by atoms with E-state index in [2.05, 4.69) is 0 Å². The normalized spacial score (nSPS) is 15.4. The van der Waals surface area contributed by atoms with Crippen LogP contribution >= 0.6 is 0 Å². The van der Waals surface area contributed by atoms with E-state index in [1.165, 1.54) is 9.96 Å². The van der Waals surface area contributed by atoms with Crippen LogP contribution in [-0.2, 0) is 11.0 Å². The lowest BCUT2D eigenvalue weighted by molar-refractivity contribution is -0.138. The molecule has 2 aromatic rings. The van der Waals surface area contributed by atoms with Crippen LogP contribution in [0.15, 0.2) is 48.5 Å². The fraction of sp³-hybridized carbons (Fsp3) is 0.263. The Morgan fingerprint density at radius 1 is 0.929 bits per heavy atom. The monoisotopic (exact) mass is 396 g/mol. The van der Waals surface area contributed by atoms with Gasteiger partial charge in [-0.25, -0.2) is 9.18 Å². The number of carbonyl (C=O) groups excluding carboxylic acids is 2. The number of hydroxylamine groups is 2. The Kier molecular flexibility index (Phi) is 5.64. The standard InChI is InChI=1S/C19H16F4N2O3/c20-14-6-7-16(19(21,22)23)15(12-14)17(26)24-8-10-25(11-9-24)28-18(27)13-4-2-1-3-5-13/h1-7,12H,8-11H2. The van der Waals surface area contributed by atoms with E-state index in [-0.39, 0.29) is 26.2 Å². The van der Waals surface area contributed by atoms with Gasteiger partial charge in [0.25, 0.3) is 5.91 Å². The number of halogens is 4. The number of alkyl halides is 3. The second-order valence-corrected chi connectivity index (χ2v) is 6.15. The molecule has 9 heteroatoms. The van der Waals surface area contributed by atoms with Crippen LogP contribution in [0.1, 0.15) is 26.3 Å². The van der Waals surface area contributed by atoms with Gasteiger partial charge in [-0.1, -0.05) is 18.2 Å². The first kappa shape index (κ1) is 19.8. The minimum atomic E-state index is -4.77. The highest BCUT2D eigenvalue weighted by atomic mass is 19.4. The molecule has 0 aliphatic carbocycles. The molecule has 0 N–H and O–H groups in total. The lowest BCUT2D eigenvalue weighted by Gasteiger charge is -2.33. The molecule has 28 heavy (non-hydrogen) atoms. The fourth-order valence-corrected chi connectivity index (χ4v) is 2.84. The molecule has 1 amide bonds. The highest BCUT2D eigenvalue weighted by Gasteiger charge is 2.37. The molecule has 148 valence electrons. The SMILES string of the molecule is O=C(ON1CCN(C(=O)c2cc(F)ccc2C(F)(F)F)CC1)c1ccccc1. The lowest BCUT2D eigenvalue weighted by atomic mass is 10.1. The molecule has 0 saturated carbocycles. The number of rotatable bonds is 3. The maximum atomic E-state index is 13.4. The van der Waals surface area contributed by atoms with Crippen molar-refractivity contribution in [3.05, 3.63) is 71.0 Å². The third kappa shape index (κ3) is 4.48. The second kappa shape index (κ2) is 7.97. The van der Waals surface area contributed by atoms with E-state index in [1.807, 2.05) is 0 Å². The summed E-state index contributed by atoms with van der Waals surface area (Å²) in [5, 5.41) is 1.34. The molecule has 1 saturated heterocycles. The predicted molar refractivity (Wildman–Crippen MR) is 90.7 cm³/mol. The molecule has 2 aromatic carbocycles. The fourth-order valence-electron chi connectivity index (χ4n) is 2.84. The Morgan fingerprint density at radius 2 is 1.57 bits per heavy atom. The van der Waals surface area contributed by atoms with E-state index in [4.69, 9.17) is 4.84 Å². The lowest BCUT2D eigenvalue weighted by Crippen LogP contribution is -2.49. The minimum Gasteiger partial charge on any atom is -0.364 e. The van der Waals surface area contributed by atoms with Crippen LogP contribution in [0.3, 0.4) is 0 Å². The first-order chi connectivity index (χ1) is 13.3. The van der Waals surface area contributed by atoms with Gasteiger partial charge >= 0.3 is 12.1 Å². The van der Waals surface area contributed by atoms with Gasteiger partial charge in [0.2, 0.25) is 0 Å². The van der Waals surface area contributed by atoms with Gasteiger partial charge in [0.15, 0.2) is 0 Å². The van der Waals surface area contributed by atoms with Gasteiger partial charge in [-0.2, -0.15) is 13.2 Å². The number of hydrogen-bond donors (Lipinski definition) is 0. The molecule has 1 aliphatic heterocycles. The molecule has 0 atom stereocenters. The van der Waals surface area contributed by atoms with E-state index in [9.17, 15) is 27.2 Å². The smallest absolute Gasteiger partial charge is 0.364 e. The van der Waals surface area contributed by atoms with Gasteiger partial charge in [-0.05, 0) is 30.3 Å². The van der Waals surface area contributed by atoms with Crippen molar-refractivity contribution in [2.24, 2.45) is 0 Å². The van der Waals surface area contributed by atoms with E-state index in [1.54, 1.807) is 30.3 Å². The van der Waals surface area contributed by atoms with Crippen LogP contribution in [0.5, 0.6) is 0 Å². The summed E-state index contributed by atoms with van der Waals surface area (Å²) in [7, 11) is 0. The molecule has 0 unspecified atom stereocenters. The summed E-state index contributed by atoms with van der Waals surface area (Å²) in [6.07, 6.45) is -4.77. The van der Waals surface area contributed by atoms with Crippen molar-refractivity contribution >= 4 is 11.9 Å². The van der Waals surface area contributed by atoms with Crippen molar-refractivity contribution < 1.29 is 32.0 Å². The molecule has 0 aromatic heterocycles. The predicted octanol–water partition coefficient (Wildman–Crippen LogP) is 3.37. The summed E-state index contributed by atoms with van der Waals surface area (Å²) in [5.74, 6) is -2.41. The van der Waals surface area contributed by atoms with Crippen molar-refractivity contribution in [2.45, 2.75) is 6.18 Å². The van der Waals surface area contributed by atoms with Crippen molar-refractivity contribution in [3.63, 3.8) is 0 Å². The Balaban J connectivity index is 1.65. The Hall–Kier alpha value is -2.94. The first-order valence-corrected chi connectivity index (χ1v) is 8.44. The number of piperazine rings is 1. The summed E-state index contributed by atoms with van der Waals surface area (Å²) in [4.78, 5) is 30.9. The van der Waals surface area contributed by atoms with Gasteiger partial charge in [-0.15, -0.1) is 5.06 Å². The number of hydrogen-bond acceptors (Lipinski definition) is 4. The molecular formula is C19H16F4N2O3. The molecule has 0 radical (unpaired) electrons. The zero-order chi connectivity index (χ0) is 20.3. The van der Waals surface area contributed by atoms with Crippen LogP contribution in [-0.4, -0.2) is 48.0 Å². The third-order valence-corrected chi connectivity index (χ3v) is 4.26. The van der Waals surface area contributed by atoms with Crippen molar-refractivity contribution in [1.29, 1.82) is 0 Å². The largest absolute Gasteiger partial charge is 0.417 e. The van der Waals surface area contributed by atoms with E-state index in [0.717, 1.165) is 0 Å².